The second kappa shape index (κ2) is 7.08. The van der Waals surface area contributed by atoms with Gasteiger partial charge in [0.25, 0.3) is 0 Å². The molecule has 112 valence electrons. The van der Waals surface area contributed by atoms with Crippen molar-refractivity contribution in [2.24, 2.45) is 0 Å². The number of benzene rings is 2. The van der Waals surface area contributed by atoms with E-state index in [-0.39, 0.29) is 0 Å². The molecule has 3 aromatic rings. The van der Waals surface area contributed by atoms with Crippen molar-refractivity contribution in [1.82, 2.24) is 4.98 Å². The van der Waals surface area contributed by atoms with Crippen LogP contribution in [0.1, 0.15) is 17.4 Å². The molecular formula is C19H18ClNS. The van der Waals surface area contributed by atoms with Gasteiger partial charge in [-0.15, -0.1) is 22.9 Å². The Kier molecular flexibility index (Phi) is 4.91. The van der Waals surface area contributed by atoms with Crippen LogP contribution in [-0.4, -0.2) is 10.9 Å². The number of nitrogens with zero attached hydrogens (tertiary/aromatic N) is 1. The zero-order valence-electron chi connectivity index (χ0n) is 12.6. The first-order chi connectivity index (χ1) is 10.8. The van der Waals surface area contributed by atoms with Crippen molar-refractivity contribution in [3.63, 3.8) is 0 Å². The molecule has 0 aliphatic heterocycles. The Morgan fingerprint density at radius 2 is 1.68 bits per heavy atom. The van der Waals surface area contributed by atoms with Crippen molar-refractivity contribution in [2.75, 3.05) is 5.88 Å². The maximum absolute atomic E-state index is 5.97. The summed E-state index contributed by atoms with van der Waals surface area (Å²) in [7, 11) is 0. The molecule has 0 radical (unpaired) electrons. The van der Waals surface area contributed by atoms with E-state index in [2.05, 4.69) is 55.5 Å². The van der Waals surface area contributed by atoms with Crippen molar-refractivity contribution in [3.05, 3.63) is 65.0 Å². The predicted molar refractivity (Wildman–Crippen MR) is 96.8 cm³/mol. The predicted octanol–water partition coefficient (Wildman–Crippen LogP) is 5.82. The molecule has 0 unspecified atom stereocenters. The molecule has 0 aliphatic carbocycles. The first-order valence-corrected chi connectivity index (χ1v) is 8.87. The molecule has 0 atom stereocenters. The second-order valence-corrected chi connectivity index (χ2v) is 6.61. The third-order valence-corrected chi connectivity index (χ3v) is 5.03. The molecule has 0 saturated heterocycles. The summed E-state index contributed by atoms with van der Waals surface area (Å²) in [5.41, 5.74) is 4.76. The van der Waals surface area contributed by atoms with Gasteiger partial charge in [0.15, 0.2) is 0 Å². The number of alkyl halides is 1. The highest BCUT2D eigenvalue weighted by atomic mass is 35.5. The van der Waals surface area contributed by atoms with Crippen molar-refractivity contribution in [3.8, 4) is 21.8 Å². The monoisotopic (exact) mass is 327 g/mol. The Morgan fingerprint density at radius 3 is 2.32 bits per heavy atom. The molecule has 1 heterocycles. The van der Waals surface area contributed by atoms with E-state index >= 15 is 0 Å². The van der Waals surface area contributed by atoms with Crippen molar-refractivity contribution in [2.45, 2.75) is 19.8 Å². The van der Waals surface area contributed by atoms with E-state index in [0.29, 0.717) is 5.88 Å². The minimum Gasteiger partial charge on any atom is -0.236 e. The topological polar surface area (TPSA) is 12.9 Å². The van der Waals surface area contributed by atoms with Gasteiger partial charge < -0.3 is 0 Å². The summed E-state index contributed by atoms with van der Waals surface area (Å²) in [6.07, 6.45) is 1.92. The number of aromatic nitrogens is 1. The van der Waals surface area contributed by atoms with E-state index in [1.807, 2.05) is 6.07 Å². The molecule has 22 heavy (non-hydrogen) atoms. The highest BCUT2D eigenvalue weighted by Gasteiger charge is 2.13. The summed E-state index contributed by atoms with van der Waals surface area (Å²) in [6.45, 7) is 2.17. The summed E-state index contributed by atoms with van der Waals surface area (Å²) in [6, 6.07) is 19.0. The molecule has 1 nitrogen and oxygen atoms in total. The van der Waals surface area contributed by atoms with Crippen molar-refractivity contribution < 1.29 is 0 Å². The average molecular weight is 328 g/mol. The van der Waals surface area contributed by atoms with Gasteiger partial charge in [-0.3, -0.25) is 0 Å². The third-order valence-electron chi connectivity index (χ3n) is 3.68. The number of hydrogen-bond donors (Lipinski definition) is 0. The quantitative estimate of drug-likeness (QED) is 0.538. The number of hydrogen-bond acceptors (Lipinski definition) is 2. The molecule has 1 aromatic heterocycles. The maximum Gasteiger partial charge on any atom is 0.124 e. The summed E-state index contributed by atoms with van der Waals surface area (Å²) >= 11 is 7.72. The van der Waals surface area contributed by atoms with Crippen LogP contribution >= 0.6 is 22.9 Å². The van der Waals surface area contributed by atoms with Crippen molar-refractivity contribution >= 4 is 22.9 Å². The first kappa shape index (κ1) is 15.3. The van der Waals surface area contributed by atoms with Crippen LogP contribution in [0.4, 0.5) is 0 Å². The van der Waals surface area contributed by atoms with Gasteiger partial charge in [-0.05, 0) is 18.4 Å². The largest absolute Gasteiger partial charge is 0.236 e. The van der Waals surface area contributed by atoms with Gasteiger partial charge in [-0.25, -0.2) is 4.98 Å². The highest BCUT2D eigenvalue weighted by molar-refractivity contribution is 7.15. The summed E-state index contributed by atoms with van der Waals surface area (Å²) in [5, 5.41) is 1.07. The van der Waals surface area contributed by atoms with Gasteiger partial charge in [0, 0.05) is 21.9 Å². The van der Waals surface area contributed by atoms with Gasteiger partial charge in [0.2, 0.25) is 0 Å². The van der Waals surface area contributed by atoms with Gasteiger partial charge in [0.1, 0.15) is 5.01 Å². The minimum absolute atomic E-state index is 0.621. The van der Waals surface area contributed by atoms with Crippen LogP contribution in [0.25, 0.3) is 21.8 Å². The van der Waals surface area contributed by atoms with E-state index in [4.69, 9.17) is 16.6 Å². The number of rotatable bonds is 5. The van der Waals surface area contributed by atoms with Crippen molar-refractivity contribution in [1.29, 1.82) is 0 Å². The van der Waals surface area contributed by atoms with E-state index in [1.165, 1.54) is 16.0 Å². The maximum atomic E-state index is 5.97. The van der Waals surface area contributed by atoms with Gasteiger partial charge in [0.05, 0.1) is 5.69 Å². The summed E-state index contributed by atoms with van der Waals surface area (Å²) in [5.74, 6) is 0.621. The molecule has 3 heteroatoms. The number of thiazole rings is 1. The fourth-order valence-electron chi connectivity index (χ4n) is 2.44. The molecule has 2 aromatic carbocycles. The Hall–Kier alpha value is -1.64. The second-order valence-electron chi connectivity index (χ2n) is 5.15. The first-order valence-electron chi connectivity index (χ1n) is 7.52. The normalized spacial score (nSPS) is 10.8. The number of halogens is 1. The lowest BCUT2D eigenvalue weighted by atomic mass is 10.1. The lowest BCUT2D eigenvalue weighted by Gasteiger charge is -2.00. The van der Waals surface area contributed by atoms with Gasteiger partial charge >= 0.3 is 0 Å². The summed E-state index contributed by atoms with van der Waals surface area (Å²) < 4.78 is 0. The molecular weight excluding hydrogens is 310 g/mol. The molecule has 0 bridgehead atoms. The van der Waals surface area contributed by atoms with Crippen LogP contribution in [0.5, 0.6) is 0 Å². The standard InChI is InChI=1S/C19H18ClNS/c1-2-14-8-10-16(11-9-14)19-21-18(17(22-19)12-13-20)15-6-4-3-5-7-15/h3-11H,2,12-13H2,1H3. The van der Waals surface area contributed by atoms with E-state index in [1.54, 1.807) is 11.3 Å². The Morgan fingerprint density at radius 1 is 0.955 bits per heavy atom. The van der Waals surface area contributed by atoms with Crippen LogP contribution in [-0.2, 0) is 12.8 Å². The SMILES string of the molecule is CCc1ccc(-c2nc(-c3ccccc3)c(CCCl)s2)cc1. The van der Waals surface area contributed by atoms with E-state index in [9.17, 15) is 0 Å². The Bertz CT molecular complexity index is 732. The minimum atomic E-state index is 0.621. The lowest BCUT2D eigenvalue weighted by Crippen LogP contribution is -1.87. The molecule has 0 amide bonds. The summed E-state index contributed by atoms with van der Waals surface area (Å²) in [4.78, 5) is 6.14. The molecule has 0 aliphatic rings. The van der Waals surface area contributed by atoms with Crippen LogP contribution in [0, 0.1) is 0 Å². The highest BCUT2D eigenvalue weighted by Crippen LogP contribution is 2.34. The number of aryl methyl sites for hydroxylation is 2. The van der Waals surface area contributed by atoms with Gasteiger partial charge in [-0.1, -0.05) is 61.5 Å². The molecule has 0 saturated carbocycles. The molecule has 0 fully saturated rings. The Balaban J connectivity index is 2.02. The fraction of sp³-hybridized carbons (Fsp3) is 0.211. The fourth-order valence-corrected chi connectivity index (χ4v) is 3.82. The van der Waals surface area contributed by atoms with Crippen LogP contribution in [0.3, 0.4) is 0 Å². The Labute approximate surface area is 140 Å². The zero-order chi connectivity index (χ0) is 15.4. The van der Waals surface area contributed by atoms with Crippen LogP contribution in [0.2, 0.25) is 0 Å². The molecule has 0 spiro atoms. The third kappa shape index (κ3) is 3.23. The average Bonchev–Trinajstić information content (AvgIpc) is 3.00. The van der Waals surface area contributed by atoms with E-state index in [0.717, 1.165) is 29.1 Å². The van der Waals surface area contributed by atoms with Crippen LogP contribution < -0.4 is 0 Å². The van der Waals surface area contributed by atoms with E-state index < -0.39 is 0 Å². The molecule has 3 rings (SSSR count). The van der Waals surface area contributed by atoms with Crippen LogP contribution in [0.15, 0.2) is 54.6 Å². The lowest BCUT2D eigenvalue weighted by molar-refractivity contribution is 1.14. The molecule has 0 N–H and O–H groups in total. The van der Waals surface area contributed by atoms with Gasteiger partial charge in [-0.2, -0.15) is 0 Å². The smallest absolute Gasteiger partial charge is 0.124 e. The zero-order valence-corrected chi connectivity index (χ0v) is 14.1.